The molecule has 1 aliphatic heterocycles. The van der Waals surface area contributed by atoms with Gasteiger partial charge in [-0.3, -0.25) is 9.59 Å². The summed E-state index contributed by atoms with van der Waals surface area (Å²) in [5.74, 6) is -1.66. The van der Waals surface area contributed by atoms with Crippen LogP contribution in [0.3, 0.4) is 0 Å². The number of thiophene rings is 1. The number of carboxylic acid groups (broad SMARTS) is 1. The van der Waals surface area contributed by atoms with Crippen LogP contribution in [0.25, 0.3) is 21.6 Å². The number of carbonyl (C=O) groups is 3. The molecule has 0 aliphatic carbocycles. The number of benzene rings is 2. The number of pyridine rings is 1. The summed E-state index contributed by atoms with van der Waals surface area (Å²) in [6, 6.07) is 14.2. The van der Waals surface area contributed by atoms with Crippen molar-refractivity contribution in [2.45, 2.75) is 40.2 Å². The van der Waals surface area contributed by atoms with E-state index in [0.29, 0.717) is 43.1 Å². The zero-order valence-electron chi connectivity index (χ0n) is 23.7. The normalized spacial score (nSPS) is 12.0. The highest BCUT2D eigenvalue weighted by atomic mass is 32.1. The molecule has 9 nitrogen and oxygen atoms in total. The van der Waals surface area contributed by atoms with Gasteiger partial charge in [0.25, 0.3) is 11.8 Å². The number of fused-ring (bicyclic) bond motifs is 3. The molecule has 0 radical (unpaired) electrons. The van der Waals surface area contributed by atoms with Crippen LogP contribution in [0.15, 0.2) is 48.5 Å². The van der Waals surface area contributed by atoms with Crippen molar-refractivity contribution >= 4 is 34.8 Å². The Kier molecular flexibility index (Phi) is 8.37. The van der Waals surface area contributed by atoms with Gasteiger partial charge in [0.1, 0.15) is 11.4 Å². The number of ether oxygens (including phenoxy) is 1. The van der Waals surface area contributed by atoms with E-state index in [4.69, 9.17) is 10.5 Å². The summed E-state index contributed by atoms with van der Waals surface area (Å²) in [6.45, 7) is 7.10. The lowest BCUT2D eigenvalue weighted by Gasteiger charge is -2.18. The van der Waals surface area contributed by atoms with Gasteiger partial charge in [-0.1, -0.05) is 19.1 Å². The maximum absolute atomic E-state index is 14.0. The third kappa shape index (κ3) is 5.77. The minimum absolute atomic E-state index is 0.0177. The molecule has 10 heteroatoms. The molecule has 2 aromatic carbocycles. The number of rotatable bonds is 8. The van der Waals surface area contributed by atoms with Crippen molar-refractivity contribution in [3.63, 3.8) is 0 Å². The Morgan fingerprint density at radius 2 is 1.83 bits per heavy atom. The predicted octanol–water partition coefficient (Wildman–Crippen LogP) is 5.58. The number of carboxylic acids is 1. The molecule has 3 heterocycles. The van der Waals surface area contributed by atoms with Crippen LogP contribution in [-0.2, 0) is 13.0 Å². The first kappa shape index (κ1) is 29.0. The lowest BCUT2D eigenvalue weighted by atomic mass is 9.93. The summed E-state index contributed by atoms with van der Waals surface area (Å²) >= 11 is 1.62. The molecule has 0 unspecified atom stereocenters. The fourth-order valence-electron chi connectivity index (χ4n) is 5.02. The molecule has 0 fully saturated rings. The highest BCUT2D eigenvalue weighted by Gasteiger charge is 2.27. The van der Waals surface area contributed by atoms with Crippen LogP contribution in [0.4, 0.5) is 5.69 Å². The van der Waals surface area contributed by atoms with E-state index >= 15 is 0 Å². The summed E-state index contributed by atoms with van der Waals surface area (Å²) in [6.07, 6.45) is 1.44. The second-order valence-corrected chi connectivity index (χ2v) is 11.4. The Morgan fingerprint density at radius 3 is 2.55 bits per heavy atom. The van der Waals surface area contributed by atoms with E-state index < -0.39 is 17.8 Å². The van der Waals surface area contributed by atoms with Gasteiger partial charge in [0, 0.05) is 57.2 Å². The van der Waals surface area contributed by atoms with Crippen molar-refractivity contribution in [2.24, 2.45) is 5.73 Å². The minimum atomic E-state index is -1.32. The topological polar surface area (TPSA) is 144 Å². The number of nitrogens with zero attached hydrogens (tertiary/aromatic N) is 1. The van der Waals surface area contributed by atoms with Crippen molar-refractivity contribution in [1.29, 1.82) is 0 Å². The van der Waals surface area contributed by atoms with Gasteiger partial charge in [0.15, 0.2) is 5.69 Å². The van der Waals surface area contributed by atoms with E-state index in [1.807, 2.05) is 32.9 Å². The Hall–Kier alpha value is -4.54. The minimum Gasteiger partial charge on any atom is -0.493 e. The molecule has 5 rings (SSSR count). The molecular formula is C32H32N4O5S. The first-order valence-electron chi connectivity index (χ1n) is 13.7. The van der Waals surface area contributed by atoms with Gasteiger partial charge in [0.05, 0.1) is 6.61 Å². The average molecular weight is 585 g/mol. The number of hydrogen-bond acceptors (Lipinski definition) is 7. The molecule has 0 spiro atoms. The van der Waals surface area contributed by atoms with E-state index in [9.17, 15) is 19.5 Å². The second-order valence-electron chi connectivity index (χ2n) is 10.2. The molecule has 216 valence electrons. The Morgan fingerprint density at radius 1 is 1.02 bits per heavy atom. The fraction of sp³-hybridized carbons (Fsp3) is 0.250. The van der Waals surface area contributed by atoms with Gasteiger partial charge in [-0.2, -0.15) is 0 Å². The van der Waals surface area contributed by atoms with Crippen LogP contribution in [0.2, 0.25) is 0 Å². The molecule has 4 aromatic rings. The largest absolute Gasteiger partial charge is 0.493 e. The predicted molar refractivity (Wildman–Crippen MR) is 164 cm³/mol. The van der Waals surface area contributed by atoms with Gasteiger partial charge < -0.3 is 26.2 Å². The molecule has 1 aliphatic rings. The van der Waals surface area contributed by atoms with Gasteiger partial charge in [-0.15, -0.1) is 11.3 Å². The first-order valence-corrected chi connectivity index (χ1v) is 14.6. The van der Waals surface area contributed by atoms with Crippen molar-refractivity contribution in [3.05, 3.63) is 87.0 Å². The molecule has 2 aromatic heterocycles. The van der Waals surface area contributed by atoms with Crippen LogP contribution in [0.1, 0.15) is 66.2 Å². The standard InChI is InChI=1S/C32H32N4O5S/c1-4-10-34-31(38)26-8-6-21(28(35-26)32(39)40)22-15-27-24(29-20(9-11-41-27)13-18(3)42-29)14-23(22)30(37)36-25-7-5-19(16-33)12-17(25)2/h5-8,12-15H,4,9-11,16,33H2,1-3H3,(H,34,38)(H,36,37)(H,39,40). The molecule has 2 amide bonds. The quantitative estimate of drug-likeness (QED) is 0.212. The van der Waals surface area contributed by atoms with Crippen LogP contribution in [0.5, 0.6) is 5.75 Å². The van der Waals surface area contributed by atoms with E-state index in [0.717, 1.165) is 38.4 Å². The van der Waals surface area contributed by atoms with Crippen molar-refractivity contribution in [3.8, 4) is 27.3 Å². The number of anilines is 1. The number of nitrogens with one attached hydrogen (secondary N) is 2. The Labute approximate surface area is 247 Å². The van der Waals surface area contributed by atoms with Gasteiger partial charge >= 0.3 is 5.97 Å². The number of carbonyl (C=O) groups excluding carboxylic acids is 2. The van der Waals surface area contributed by atoms with E-state index in [2.05, 4.69) is 21.7 Å². The van der Waals surface area contributed by atoms with Crippen LogP contribution in [-0.4, -0.2) is 41.0 Å². The third-order valence-electron chi connectivity index (χ3n) is 7.10. The third-order valence-corrected chi connectivity index (χ3v) is 8.23. The first-order chi connectivity index (χ1) is 20.2. The molecule has 42 heavy (non-hydrogen) atoms. The van der Waals surface area contributed by atoms with Crippen LogP contribution < -0.4 is 21.1 Å². The smallest absolute Gasteiger partial charge is 0.355 e. The summed E-state index contributed by atoms with van der Waals surface area (Å²) in [5.41, 5.74) is 10.5. The van der Waals surface area contributed by atoms with E-state index in [1.54, 1.807) is 29.5 Å². The fourth-order valence-corrected chi connectivity index (χ4v) is 6.10. The maximum Gasteiger partial charge on any atom is 0.355 e. The molecular weight excluding hydrogens is 552 g/mol. The summed E-state index contributed by atoms with van der Waals surface area (Å²) < 4.78 is 6.13. The zero-order valence-corrected chi connectivity index (χ0v) is 24.5. The van der Waals surface area contributed by atoms with Crippen LogP contribution >= 0.6 is 11.3 Å². The summed E-state index contributed by atoms with van der Waals surface area (Å²) in [7, 11) is 0. The van der Waals surface area contributed by atoms with Gasteiger partial charge in [-0.05, 0) is 73.4 Å². The van der Waals surface area contributed by atoms with Gasteiger partial charge in [0.2, 0.25) is 0 Å². The van der Waals surface area contributed by atoms with Crippen molar-refractivity contribution < 1.29 is 24.2 Å². The summed E-state index contributed by atoms with van der Waals surface area (Å²) in [4.78, 5) is 45.3. The number of hydrogen-bond donors (Lipinski definition) is 4. The second kappa shape index (κ2) is 12.1. The van der Waals surface area contributed by atoms with E-state index in [1.165, 1.54) is 12.1 Å². The lowest BCUT2D eigenvalue weighted by Crippen LogP contribution is -2.25. The Balaban J connectivity index is 1.68. The number of aromatic carboxylic acids is 1. The SMILES string of the molecule is CCCNC(=O)c1ccc(-c2cc3c(cc2C(=O)Nc2ccc(CN)cc2C)-c2sc(C)cc2CCO3)c(C(=O)O)n1. The zero-order chi connectivity index (χ0) is 30.0. The van der Waals surface area contributed by atoms with Crippen molar-refractivity contribution in [1.82, 2.24) is 10.3 Å². The molecule has 0 saturated carbocycles. The highest BCUT2D eigenvalue weighted by Crippen LogP contribution is 2.44. The lowest BCUT2D eigenvalue weighted by molar-refractivity contribution is 0.0691. The average Bonchev–Trinajstić information content (AvgIpc) is 3.27. The number of aromatic nitrogens is 1. The van der Waals surface area contributed by atoms with Gasteiger partial charge in [-0.25, -0.2) is 9.78 Å². The summed E-state index contributed by atoms with van der Waals surface area (Å²) in [5, 5.41) is 15.9. The maximum atomic E-state index is 14.0. The monoisotopic (exact) mass is 584 g/mol. The van der Waals surface area contributed by atoms with E-state index in [-0.39, 0.29) is 22.5 Å². The highest BCUT2D eigenvalue weighted by molar-refractivity contribution is 7.15. The molecule has 0 saturated heterocycles. The number of nitrogens with two attached hydrogens (primary N) is 1. The number of amides is 2. The van der Waals surface area contributed by atoms with Crippen molar-refractivity contribution in [2.75, 3.05) is 18.5 Å². The molecule has 5 N–H and O–H groups in total. The molecule has 0 bridgehead atoms. The Bertz CT molecular complexity index is 1710. The van der Waals surface area contributed by atoms with Crippen LogP contribution in [0, 0.1) is 13.8 Å². The number of aryl methyl sites for hydroxylation is 2. The molecule has 0 atom stereocenters.